The normalized spacial score (nSPS) is 18.5. The SMILES string of the molecule is CN1C=CC(=C/C=C2C=C(/C=C/c3cc[n+](C)cc3)C(=O)O\2)C=C1. The second kappa shape index (κ2) is 6.96. The molecule has 0 spiro atoms. The lowest BCUT2D eigenvalue weighted by Gasteiger charge is -2.11. The summed E-state index contributed by atoms with van der Waals surface area (Å²) in [6, 6.07) is 3.97. The van der Waals surface area contributed by atoms with Crippen LogP contribution in [0.15, 0.2) is 90.3 Å². The molecule has 4 heteroatoms. The van der Waals surface area contributed by atoms with E-state index < -0.39 is 0 Å². The van der Waals surface area contributed by atoms with Crippen molar-refractivity contribution in [1.82, 2.24) is 4.90 Å². The molecule has 4 nitrogen and oxygen atoms in total. The molecule has 0 amide bonds. The van der Waals surface area contributed by atoms with Gasteiger partial charge in [0.15, 0.2) is 12.4 Å². The van der Waals surface area contributed by atoms with Gasteiger partial charge in [-0.3, -0.25) is 0 Å². The molecule has 2 aliphatic heterocycles. The number of cyclic esters (lactones) is 1. The van der Waals surface area contributed by atoms with E-state index in [-0.39, 0.29) is 5.97 Å². The van der Waals surface area contributed by atoms with Crippen molar-refractivity contribution in [3.63, 3.8) is 0 Å². The van der Waals surface area contributed by atoms with Gasteiger partial charge in [0.2, 0.25) is 0 Å². The minimum atomic E-state index is -0.327. The molecular weight excluding hydrogens is 300 g/mol. The lowest BCUT2D eigenvalue weighted by molar-refractivity contribution is -0.671. The highest BCUT2D eigenvalue weighted by molar-refractivity contribution is 5.96. The number of allylic oxidation sites excluding steroid dienone is 6. The highest BCUT2D eigenvalue weighted by Gasteiger charge is 2.18. The largest absolute Gasteiger partial charge is 0.423 e. The summed E-state index contributed by atoms with van der Waals surface area (Å²) in [5, 5.41) is 0. The number of hydrogen-bond acceptors (Lipinski definition) is 3. The summed E-state index contributed by atoms with van der Waals surface area (Å²) in [7, 11) is 3.93. The van der Waals surface area contributed by atoms with Crippen molar-refractivity contribution in [2.45, 2.75) is 0 Å². The number of esters is 1. The zero-order chi connectivity index (χ0) is 16.9. The van der Waals surface area contributed by atoms with Crippen LogP contribution in [0.1, 0.15) is 5.56 Å². The molecule has 0 bridgehead atoms. The Bertz CT molecular complexity index is 806. The molecule has 0 saturated heterocycles. The van der Waals surface area contributed by atoms with E-state index in [0.717, 1.165) is 11.1 Å². The zero-order valence-electron chi connectivity index (χ0n) is 13.7. The minimum absolute atomic E-state index is 0.327. The fraction of sp³-hybridized carbons (Fsp3) is 0.100. The molecule has 0 unspecified atom stereocenters. The van der Waals surface area contributed by atoms with E-state index in [2.05, 4.69) is 0 Å². The summed E-state index contributed by atoms with van der Waals surface area (Å²) >= 11 is 0. The summed E-state index contributed by atoms with van der Waals surface area (Å²) in [4.78, 5) is 13.9. The number of ether oxygens (including phenoxy) is 1. The van der Waals surface area contributed by atoms with Gasteiger partial charge in [0.25, 0.3) is 0 Å². The summed E-state index contributed by atoms with van der Waals surface area (Å²) in [5.41, 5.74) is 2.62. The fourth-order valence-corrected chi connectivity index (χ4v) is 2.22. The average molecular weight is 319 g/mol. The Morgan fingerprint density at radius 3 is 2.50 bits per heavy atom. The molecule has 0 saturated carbocycles. The van der Waals surface area contributed by atoms with Crippen molar-refractivity contribution in [2.24, 2.45) is 7.05 Å². The van der Waals surface area contributed by atoms with Gasteiger partial charge in [-0.1, -0.05) is 12.2 Å². The van der Waals surface area contributed by atoms with Gasteiger partial charge in [-0.15, -0.1) is 0 Å². The van der Waals surface area contributed by atoms with Gasteiger partial charge in [0, 0.05) is 31.6 Å². The molecule has 3 heterocycles. The van der Waals surface area contributed by atoms with E-state index in [0.29, 0.717) is 11.3 Å². The van der Waals surface area contributed by atoms with Gasteiger partial charge in [-0.05, 0) is 41.5 Å². The Balaban J connectivity index is 1.72. The van der Waals surface area contributed by atoms with Gasteiger partial charge < -0.3 is 9.64 Å². The number of hydrogen-bond donors (Lipinski definition) is 0. The summed E-state index contributed by atoms with van der Waals surface area (Å²) in [6.07, 6.45) is 21.0. The number of aryl methyl sites for hydroxylation is 1. The van der Waals surface area contributed by atoms with Crippen molar-refractivity contribution in [2.75, 3.05) is 7.05 Å². The number of pyridine rings is 1. The second-order valence-electron chi connectivity index (χ2n) is 5.65. The average Bonchev–Trinajstić information content (AvgIpc) is 2.94. The highest BCUT2D eigenvalue weighted by Crippen LogP contribution is 2.20. The number of carbonyl (C=O) groups is 1. The quantitative estimate of drug-likeness (QED) is 0.634. The maximum absolute atomic E-state index is 11.9. The molecule has 3 rings (SSSR count). The molecule has 24 heavy (non-hydrogen) atoms. The Labute approximate surface area is 141 Å². The predicted octanol–water partition coefficient (Wildman–Crippen LogP) is 2.79. The monoisotopic (exact) mass is 319 g/mol. The van der Waals surface area contributed by atoms with Crippen LogP contribution in [0.4, 0.5) is 0 Å². The van der Waals surface area contributed by atoms with Crippen molar-refractivity contribution in [1.29, 1.82) is 0 Å². The molecular formula is C20H19N2O2+. The number of carbonyl (C=O) groups excluding carboxylic acids is 1. The van der Waals surface area contributed by atoms with Gasteiger partial charge >= 0.3 is 5.97 Å². The van der Waals surface area contributed by atoms with Crippen molar-refractivity contribution < 1.29 is 14.1 Å². The van der Waals surface area contributed by atoms with Crippen LogP contribution < -0.4 is 4.57 Å². The Hall–Kier alpha value is -3.14. The molecule has 1 aromatic rings. The number of nitrogens with zero attached hydrogens (tertiary/aromatic N) is 2. The van der Waals surface area contributed by atoms with Gasteiger partial charge in [-0.25, -0.2) is 9.36 Å². The molecule has 0 fully saturated rings. The molecule has 0 radical (unpaired) electrons. The third-order valence-corrected chi connectivity index (χ3v) is 3.65. The van der Waals surface area contributed by atoms with E-state index in [4.69, 9.17) is 4.74 Å². The summed E-state index contributed by atoms with van der Waals surface area (Å²) in [6.45, 7) is 0. The van der Waals surface area contributed by atoms with Crippen molar-refractivity contribution in [3.05, 3.63) is 95.9 Å². The molecule has 0 aliphatic carbocycles. The Morgan fingerprint density at radius 2 is 1.79 bits per heavy atom. The smallest absolute Gasteiger partial charge is 0.343 e. The first kappa shape index (κ1) is 15.7. The molecule has 1 aromatic heterocycles. The molecule has 0 N–H and O–H groups in total. The van der Waals surface area contributed by atoms with Crippen molar-refractivity contribution >= 4 is 12.0 Å². The van der Waals surface area contributed by atoms with Crippen LogP contribution in [-0.4, -0.2) is 17.9 Å². The van der Waals surface area contributed by atoms with Crippen LogP contribution >= 0.6 is 0 Å². The van der Waals surface area contributed by atoms with Crippen molar-refractivity contribution in [3.8, 4) is 0 Å². The van der Waals surface area contributed by atoms with Crippen LogP contribution in [0.5, 0.6) is 0 Å². The van der Waals surface area contributed by atoms with E-state index in [1.807, 2.05) is 84.8 Å². The Kier molecular flexibility index (Phi) is 4.57. The van der Waals surface area contributed by atoms with E-state index in [1.54, 1.807) is 18.2 Å². The summed E-state index contributed by atoms with van der Waals surface area (Å²) in [5.74, 6) is 0.221. The second-order valence-corrected chi connectivity index (χ2v) is 5.65. The minimum Gasteiger partial charge on any atom is -0.423 e. The topological polar surface area (TPSA) is 33.4 Å². The fourth-order valence-electron chi connectivity index (χ4n) is 2.22. The predicted molar refractivity (Wildman–Crippen MR) is 93.0 cm³/mol. The first-order valence-electron chi connectivity index (χ1n) is 7.68. The van der Waals surface area contributed by atoms with Crippen LogP contribution in [-0.2, 0) is 16.6 Å². The van der Waals surface area contributed by atoms with E-state index >= 15 is 0 Å². The van der Waals surface area contributed by atoms with Gasteiger partial charge in [0.1, 0.15) is 12.8 Å². The molecule has 0 aromatic carbocycles. The van der Waals surface area contributed by atoms with Crippen LogP contribution in [0, 0.1) is 0 Å². The maximum atomic E-state index is 11.9. The Morgan fingerprint density at radius 1 is 1.08 bits per heavy atom. The van der Waals surface area contributed by atoms with Crippen LogP contribution in [0.3, 0.4) is 0 Å². The standard InChI is InChI=1S/C20H19N2O2/c1-21-11-7-16(8-12-21)3-5-18-15-19(24-20(18)23)6-4-17-9-13-22(2)14-10-17/h3-15H,1-2H3/q+1. The number of rotatable bonds is 3. The van der Waals surface area contributed by atoms with Crippen LogP contribution in [0.25, 0.3) is 6.08 Å². The van der Waals surface area contributed by atoms with Gasteiger partial charge in [-0.2, -0.15) is 0 Å². The maximum Gasteiger partial charge on any atom is 0.343 e. The zero-order valence-corrected chi connectivity index (χ0v) is 13.7. The van der Waals surface area contributed by atoms with Crippen LogP contribution in [0.2, 0.25) is 0 Å². The third kappa shape index (κ3) is 3.98. The molecule has 120 valence electrons. The first-order valence-corrected chi connectivity index (χ1v) is 7.68. The number of aromatic nitrogens is 1. The van der Waals surface area contributed by atoms with E-state index in [9.17, 15) is 4.79 Å². The lowest BCUT2D eigenvalue weighted by atomic mass is 10.1. The summed E-state index contributed by atoms with van der Waals surface area (Å²) < 4.78 is 7.22. The highest BCUT2D eigenvalue weighted by atomic mass is 16.5. The van der Waals surface area contributed by atoms with Gasteiger partial charge in [0.05, 0.1) is 5.57 Å². The third-order valence-electron chi connectivity index (χ3n) is 3.65. The lowest BCUT2D eigenvalue weighted by Crippen LogP contribution is -2.25. The first-order chi connectivity index (χ1) is 11.6. The molecule has 2 aliphatic rings. The molecule has 0 atom stereocenters. The van der Waals surface area contributed by atoms with E-state index in [1.165, 1.54) is 0 Å².